The number of aryl methyl sites for hydroxylation is 1. The Morgan fingerprint density at radius 3 is 2.75 bits per heavy atom. The third kappa shape index (κ3) is 4.73. The van der Waals surface area contributed by atoms with Crippen molar-refractivity contribution in [3.8, 4) is 5.75 Å². The van der Waals surface area contributed by atoms with Gasteiger partial charge < -0.3 is 15.4 Å². The molecule has 0 aliphatic heterocycles. The Labute approximate surface area is 170 Å². The van der Waals surface area contributed by atoms with Crippen molar-refractivity contribution in [3.63, 3.8) is 0 Å². The molecule has 1 aromatic carbocycles. The van der Waals surface area contributed by atoms with Crippen LogP contribution in [0, 0.1) is 0 Å². The zero-order valence-electron chi connectivity index (χ0n) is 16.6. The lowest BCUT2D eigenvalue weighted by molar-refractivity contribution is 0.0963. The molecule has 6 heteroatoms. The van der Waals surface area contributed by atoms with Gasteiger partial charge in [-0.1, -0.05) is 25.8 Å². The summed E-state index contributed by atoms with van der Waals surface area (Å²) in [4.78, 5) is 26.5. The highest BCUT2D eigenvalue weighted by molar-refractivity contribution is 7.17. The quantitative estimate of drug-likeness (QED) is 0.625. The molecule has 0 radical (unpaired) electrons. The number of rotatable bonds is 8. The smallest absolute Gasteiger partial charge is 0.256 e. The van der Waals surface area contributed by atoms with E-state index < -0.39 is 0 Å². The summed E-state index contributed by atoms with van der Waals surface area (Å²) in [6.45, 7) is 2.80. The van der Waals surface area contributed by atoms with Crippen LogP contribution < -0.4 is 15.4 Å². The summed E-state index contributed by atoms with van der Waals surface area (Å²) in [6.07, 6.45) is 7.36. The molecule has 2 N–H and O–H groups in total. The van der Waals surface area contributed by atoms with Crippen LogP contribution in [0.25, 0.3) is 0 Å². The maximum Gasteiger partial charge on any atom is 0.256 e. The van der Waals surface area contributed by atoms with Gasteiger partial charge in [-0.15, -0.1) is 11.3 Å². The van der Waals surface area contributed by atoms with Gasteiger partial charge in [-0.3, -0.25) is 9.59 Å². The monoisotopic (exact) mass is 400 g/mol. The summed E-state index contributed by atoms with van der Waals surface area (Å²) in [5.41, 5.74) is 2.25. The molecular formula is C22H28N2O3S. The Hall–Kier alpha value is -2.34. The predicted octanol–water partition coefficient (Wildman–Crippen LogP) is 4.81. The van der Waals surface area contributed by atoms with Crippen molar-refractivity contribution in [1.29, 1.82) is 0 Å². The molecule has 0 saturated heterocycles. The molecule has 1 aromatic heterocycles. The van der Waals surface area contributed by atoms with E-state index in [1.807, 2.05) is 12.1 Å². The van der Waals surface area contributed by atoms with E-state index in [-0.39, 0.29) is 11.8 Å². The number of nitrogens with one attached hydrogen (secondary N) is 2. The van der Waals surface area contributed by atoms with E-state index in [2.05, 4.69) is 17.6 Å². The summed E-state index contributed by atoms with van der Waals surface area (Å²) in [5, 5.41) is 6.32. The van der Waals surface area contributed by atoms with E-state index in [1.54, 1.807) is 19.2 Å². The van der Waals surface area contributed by atoms with Crippen LogP contribution >= 0.6 is 11.3 Å². The first-order valence-corrected chi connectivity index (χ1v) is 10.9. The Morgan fingerprint density at radius 2 is 1.96 bits per heavy atom. The van der Waals surface area contributed by atoms with Gasteiger partial charge in [0.1, 0.15) is 10.8 Å². The number of fused-ring (bicyclic) bond motifs is 1. The fraction of sp³-hybridized carbons (Fsp3) is 0.455. The molecule has 28 heavy (non-hydrogen) atoms. The van der Waals surface area contributed by atoms with Crippen molar-refractivity contribution in [2.24, 2.45) is 0 Å². The number of anilines is 1. The molecule has 0 fully saturated rings. The first kappa shape index (κ1) is 20.4. The van der Waals surface area contributed by atoms with Gasteiger partial charge in [0.05, 0.1) is 12.2 Å². The normalized spacial score (nSPS) is 12.9. The van der Waals surface area contributed by atoms with Gasteiger partial charge in [-0.05, 0) is 55.9 Å². The summed E-state index contributed by atoms with van der Waals surface area (Å²) in [5.74, 6) is 0.339. The van der Waals surface area contributed by atoms with Crippen LogP contribution in [0.3, 0.4) is 0 Å². The molecule has 5 nitrogen and oxygen atoms in total. The number of amides is 2. The molecule has 2 aromatic rings. The number of ether oxygens (including phenoxy) is 1. The van der Waals surface area contributed by atoms with Crippen LogP contribution in [0.15, 0.2) is 24.3 Å². The third-order valence-corrected chi connectivity index (χ3v) is 6.17. The van der Waals surface area contributed by atoms with E-state index >= 15 is 0 Å². The molecule has 2 amide bonds. The average molecular weight is 401 g/mol. The maximum atomic E-state index is 12.8. The highest BCUT2D eigenvalue weighted by Crippen LogP contribution is 2.38. The Bertz CT molecular complexity index is 844. The largest absolute Gasteiger partial charge is 0.494 e. The Morgan fingerprint density at radius 1 is 1.14 bits per heavy atom. The SMILES string of the molecule is CCCCCOc1cccc(C(=O)Nc2sc3c(c2C(=O)NC)CCCC3)c1. The second kappa shape index (κ2) is 9.73. The van der Waals surface area contributed by atoms with Gasteiger partial charge in [0.2, 0.25) is 0 Å². The predicted molar refractivity (Wildman–Crippen MR) is 114 cm³/mol. The number of hydrogen-bond donors (Lipinski definition) is 2. The second-order valence-electron chi connectivity index (χ2n) is 7.03. The summed E-state index contributed by atoms with van der Waals surface area (Å²) in [6, 6.07) is 7.21. The third-order valence-electron chi connectivity index (χ3n) is 4.97. The van der Waals surface area contributed by atoms with Crippen LogP contribution in [0.1, 0.15) is 70.2 Å². The summed E-state index contributed by atoms with van der Waals surface area (Å²) < 4.78 is 5.75. The van der Waals surface area contributed by atoms with Crippen LogP contribution in [-0.2, 0) is 12.8 Å². The lowest BCUT2D eigenvalue weighted by Crippen LogP contribution is -2.22. The standard InChI is InChI=1S/C22H28N2O3S/c1-3-4-7-13-27-16-10-8-9-15(14-16)20(25)24-22-19(21(26)23-2)17-11-5-6-12-18(17)28-22/h8-10,14H,3-7,11-13H2,1-2H3,(H,23,26)(H,24,25). The molecule has 0 saturated carbocycles. The molecular weight excluding hydrogens is 372 g/mol. The number of carbonyl (C=O) groups is 2. The zero-order valence-corrected chi connectivity index (χ0v) is 17.4. The molecule has 1 aliphatic rings. The summed E-state index contributed by atoms with van der Waals surface area (Å²) >= 11 is 1.53. The lowest BCUT2D eigenvalue weighted by atomic mass is 9.95. The van der Waals surface area contributed by atoms with Crippen LogP contribution in [0.4, 0.5) is 5.00 Å². The van der Waals surface area contributed by atoms with E-state index in [0.29, 0.717) is 28.5 Å². The Balaban J connectivity index is 1.76. The van der Waals surface area contributed by atoms with E-state index in [9.17, 15) is 9.59 Å². The minimum atomic E-state index is -0.220. The van der Waals surface area contributed by atoms with Crippen molar-refractivity contribution >= 4 is 28.2 Å². The van der Waals surface area contributed by atoms with E-state index in [1.165, 1.54) is 16.2 Å². The van der Waals surface area contributed by atoms with Crippen molar-refractivity contribution in [1.82, 2.24) is 5.32 Å². The fourth-order valence-corrected chi connectivity index (χ4v) is 4.75. The van der Waals surface area contributed by atoms with E-state index in [4.69, 9.17) is 4.74 Å². The maximum absolute atomic E-state index is 12.8. The van der Waals surface area contributed by atoms with Gasteiger partial charge in [0, 0.05) is 17.5 Å². The van der Waals surface area contributed by atoms with Gasteiger partial charge in [-0.25, -0.2) is 0 Å². The van der Waals surface area contributed by atoms with E-state index in [0.717, 1.165) is 50.5 Å². The molecule has 0 bridgehead atoms. The summed E-state index contributed by atoms with van der Waals surface area (Å²) in [7, 11) is 1.63. The van der Waals surface area contributed by atoms with Crippen LogP contribution in [-0.4, -0.2) is 25.5 Å². The number of unbranched alkanes of at least 4 members (excludes halogenated alkanes) is 2. The van der Waals surface area contributed by atoms with Crippen molar-refractivity contribution in [2.45, 2.75) is 51.9 Å². The van der Waals surface area contributed by atoms with Gasteiger partial charge in [0.15, 0.2) is 0 Å². The molecule has 1 heterocycles. The fourth-order valence-electron chi connectivity index (χ4n) is 3.46. The first-order valence-electron chi connectivity index (χ1n) is 10.0. The highest BCUT2D eigenvalue weighted by atomic mass is 32.1. The highest BCUT2D eigenvalue weighted by Gasteiger charge is 2.26. The Kier molecular flexibility index (Phi) is 7.09. The number of hydrogen-bond acceptors (Lipinski definition) is 4. The molecule has 0 unspecified atom stereocenters. The number of thiophene rings is 1. The number of carbonyl (C=O) groups excluding carboxylic acids is 2. The molecule has 1 aliphatic carbocycles. The van der Waals surface area contributed by atoms with Crippen LogP contribution in [0.5, 0.6) is 5.75 Å². The molecule has 150 valence electrons. The van der Waals surface area contributed by atoms with Crippen molar-refractivity contribution < 1.29 is 14.3 Å². The van der Waals surface area contributed by atoms with Crippen molar-refractivity contribution in [3.05, 3.63) is 45.8 Å². The zero-order chi connectivity index (χ0) is 19.9. The lowest BCUT2D eigenvalue weighted by Gasteiger charge is -2.12. The first-order chi connectivity index (χ1) is 13.6. The minimum absolute atomic E-state index is 0.136. The average Bonchev–Trinajstić information content (AvgIpc) is 3.08. The minimum Gasteiger partial charge on any atom is -0.494 e. The number of benzene rings is 1. The van der Waals surface area contributed by atoms with Gasteiger partial charge in [0.25, 0.3) is 11.8 Å². The van der Waals surface area contributed by atoms with Crippen molar-refractivity contribution in [2.75, 3.05) is 19.0 Å². The topological polar surface area (TPSA) is 67.4 Å². The molecule has 0 spiro atoms. The molecule has 0 atom stereocenters. The van der Waals surface area contributed by atoms with Crippen LogP contribution in [0.2, 0.25) is 0 Å². The van der Waals surface area contributed by atoms with Gasteiger partial charge in [-0.2, -0.15) is 0 Å². The second-order valence-corrected chi connectivity index (χ2v) is 8.14. The van der Waals surface area contributed by atoms with Gasteiger partial charge >= 0.3 is 0 Å². The molecule has 3 rings (SSSR count).